The Morgan fingerprint density at radius 1 is 1.37 bits per heavy atom. The second-order valence-electron chi connectivity index (χ2n) is 4.26. The molecule has 1 rings (SSSR count). The van der Waals surface area contributed by atoms with Gasteiger partial charge in [-0.15, -0.1) is 11.3 Å². The van der Waals surface area contributed by atoms with E-state index in [1.807, 2.05) is 24.4 Å². The minimum absolute atomic E-state index is 0.445. The van der Waals surface area contributed by atoms with Crippen LogP contribution in [0.3, 0.4) is 0 Å². The van der Waals surface area contributed by atoms with E-state index < -0.39 is 10.2 Å². The molecule has 1 aromatic rings. The van der Waals surface area contributed by atoms with Gasteiger partial charge in [-0.05, 0) is 37.4 Å². The van der Waals surface area contributed by atoms with Crippen molar-refractivity contribution in [1.29, 1.82) is 0 Å². The molecule has 0 spiro atoms. The second-order valence-corrected chi connectivity index (χ2v) is 7.15. The Morgan fingerprint density at radius 3 is 2.79 bits per heavy atom. The molecule has 0 amide bonds. The lowest BCUT2D eigenvalue weighted by atomic mass is 10.3. The summed E-state index contributed by atoms with van der Waals surface area (Å²) in [6.07, 6.45) is 1.55. The van der Waals surface area contributed by atoms with Crippen molar-refractivity contribution in [3.05, 3.63) is 22.4 Å². The molecule has 1 heterocycles. The Labute approximate surface area is 120 Å². The smallest absolute Gasteiger partial charge is 0.279 e. The van der Waals surface area contributed by atoms with Crippen molar-refractivity contribution in [2.45, 2.75) is 19.8 Å². The first kappa shape index (κ1) is 16.6. The molecule has 7 heteroatoms. The van der Waals surface area contributed by atoms with Crippen molar-refractivity contribution < 1.29 is 8.42 Å². The monoisotopic (exact) mass is 305 g/mol. The number of thiophene rings is 1. The standard InChI is InChI=1S/C12H23N3O2S2/c1-3-13-8-5-10-15(2)19(16,17)14-9-7-12-6-4-11-18-12/h4,6,11,13-14H,3,5,7-10H2,1-2H3. The molecule has 0 atom stereocenters. The van der Waals surface area contributed by atoms with Crippen LogP contribution in [0.15, 0.2) is 17.5 Å². The largest absolute Gasteiger partial charge is 0.317 e. The van der Waals surface area contributed by atoms with E-state index in [0.29, 0.717) is 13.1 Å². The molecular weight excluding hydrogens is 282 g/mol. The van der Waals surface area contributed by atoms with Gasteiger partial charge in [0, 0.05) is 25.0 Å². The maximum atomic E-state index is 11.9. The maximum absolute atomic E-state index is 11.9. The van der Waals surface area contributed by atoms with Gasteiger partial charge in [-0.2, -0.15) is 12.7 Å². The summed E-state index contributed by atoms with van der Waals surface area (Å²) in [5.74, 6) is 0. The van der Waals surface area contributed by atoms with Crippen molar-refractivity contribution in [2.75, 3.05) is 33.2 Å². The van der Waals surface area contributed by atoms with Crippen LogP contribution >= 0.6 is 11.3 Å². The Morgan fingerprint density at radius 2 is 2.16 bits per heavy atom. The van der Waals surface area contributed by atoms with Crippen LogP contribution in [0.25, 0.3) is 0 Å². The Balaban J connectivity index is 2.25. The van der Waals surface area contributed by atoms with Gasteiger partial charge in [-0.3, -0.25) is 0 Å². The van der Waals surface area contributed by atoms with Crippen molar-refractivity contribution >= 4 is 21.5 Å². The van der Waals surface area contributed by atoms with Crippen LogP contribution in [0, 0.1) is 0 Å². The summed E-state index contributed by atoms with van der Waals surface area (Å²) in [6, 6.07) is 3.99. The maximum Gasteiger partial charge on any atom is 0.279 e. The van der Waals surface area contributed by atoms with E-state index >= 15 is 0 Å². The molecule has 110 valence electrons. The number of nitrogens with one attached hydrogen (secondary N) is 2. The van der Waals surface area contributed by atoms with Crippen LogP contribution in [0.5, 0.6) is 0 Å². The average Bonchev–Trinajstić information content (AvgIpc) is 2.87. The lowest BCUT2D eigenvalue weighted by Crippen LogP contribution is -2.40. The molecule has 0 radical (unpaired) electrons. The lowest BCUT2D eigenvalue weighted by Gasteiger charge is -2.17. The molecule has 1 aromatic heterocycles. The van der Waals surface area contributed by atoms with E-state index in [-0.39, 0.29) is 0 Å². The molecule has 0 unspecified atom stereocenters. The molecule has 0 aliphatic rings. The third kappa shape index (κ3) is 6.49. The van der Waals surface area contributed by atoms with Crippen LogP contribution < -0.4 is 10.0 Å². The average molecular weight is 305 g/mol. The minimum Gasteiger partial charge on any atom is -0.317 e. The fraction of sp³-hybridized carbons (Fsp3) is 0.667. The van der Waals surface area contributed by atoms with Gasteiger partial charge in [0.05, 0.1) is 0 Å². The number of nitrogens with zero attached hydrogens (tertiary/aromatic N) is 1. The molecule has 5 nitrogen and oxygen atoms in total. The summed E-state index contributed by atoms with van der Waals surface area (Å²) in [7, 11) is -1.73. The molecule has 19 heavy (non-hydrogen) atoms. The SMILES string of the molecule is CCNCCCN(C)S(=O)(=O)NCCc1cccs1. The van der Waals surface area contributed by atoms with Gasteiger partial charge >= 0.3 is 0 Å². The summed E-state index contributed by atoms with van der Waals surface area (Å²) in [5.41, 5.74) is 0. The molecular formula is C12H23N3O2S2. The van der Waals surface area contributed by atoms with Gasteiger partial charge in [-0.25, -0.2) is 4.72 Å². The molecule has 0 aromatic carbocycles. The van der Waals surface area contributed by atoms with E-state index in [4.69, 9.17) is 0 Å². The summed E-state index contributed by atoms with van der Waals surface area (Å²) >= 11 is 1.64. The van der Waals surface area contributed by atoms with Crippen LogP contribution in [-0.2, 0) is 16.6 Å². The quantitative estimate of drug-likeness (QED) is 0.635. The summed E-state index contributed by atoms with van der Waals surface area (Å²) in [4.78, 5) is 1.19. The Bertz CT molecular complexity index is 432. The third-order valence-corrected chi connectivity index (χ3v) is 5.23. The zero-order valence-electron chi connectivity index (χ0n) is 11.6. The number of hydrogen-bond acceptors (Lipinski definition) is 4. The fourth-order valence-electron chi connectivity index (χ4n) is 1.59. The normalized spacial score (nSPS) is 12.2. The van der Waals surface area contributed by atoms with Gasteiger partial charge in [-0.1, -0.05) is 13.0 Å². The highest BCUT2D eigenvalue weighted by atomic mass is 32.2. The topological polar surface area (TPSA) is 61.4 Å². The zero-order valence-corrected chi connectivity index (χ0v) is 13.2. The summed E-state index contributed by atoms with van der Waals surface area (Å²) < 4.78 is 27.8. The van der Waals surface area contributed by atoms with E-state index in [1.165, 1.54) is 9.18 Å². The minimum atomic E-state index is -3.34. The molecule has 0 fully saturated rings. The van der Waals surface area contributed by atoms with Crippen LogP contribution in [0.2, 0.25) is 0 Å². The molecule has 0 saturated carbocycles. The molecule has 0 saturated heterocycles. The number of rotatable bonds is 10. The predicted molar refractivity (Wildman–Crippen MR) is 80.7 cm³/mol. The van der Waals surface area contributed by atoms with Gasteiger partial charge in [0.1, 0.15) is 0 Å². The molecule has 0 aliphatic carbocycles. The zero-order chi connectivity index (χ0) is 14.1. The highest BCUT2D eigenvalue weighted by Gasteiger charge is 2.15. The van der Waals surface area contributed by atoms with Crippen molar-refractivity contribution in [1.82, 2.24) is 14.3 Å². The third-order valence-electron chi connectivity index (χ3n) is 2.72. The number of hydrogen-bond donors (Lipinski definition) is 2. The van der Waals surface area contributed by atoms with Crippen LogP contribution in [0.4, 0.5) is 0 Å². The van der Waals surface area contributed by atoms with Gasteiger partial charge in [0.15, 0.2) is 0 Å². The van der Waals surface area contributed by atoms with Crippen molar-refractivity contribution in [2.24, 2.45) is 0 Å². The molecule has 0 aliphatic heterocycles. The van der Waals surface area contributed by atoms with Crippen molar-refractivity contribution in [3.63, 3.8) is 0 Å². The Hall–Kier alpha value is -0.470. The first-order valence-corrected chi connectivity index (χ1v) is 8.82. The van der Waals surface area contributed by atoms with Gasteiger partial charge in [0.2, 0.25) is 0 Å². The van der Waals surface area contributed by atoms with Crippen LogP contribution in [0.1, 0.15) is 18.2 Å². The van der Waals surface area contributed by atoms with E-state index in [0.717, 1.165) is 25.9 Å². The highest BCUT2D eigenvalue weighted by molar-refractivity contribution is 7.87. The van der Waals surface area contributed by atoms with Gasteiger partial charge < -0.3 is 5.32 Å². The molecule has 2 N–H and O–H groups in total. The predicted octanol–water partition coefficient (Wildman–Crippen LogP) is 1.06. The first-order valence-electron chi connectivity index (χ1n) is 6.50. The van der Waals surface area contributed by atoms with E-state index in [9.17, 15) is 8.42 Å². The van der Waals surface area contributed by atoms with Crippen molar-refractivity contribution in [3.8, 4) is 0 Å². The molecule has 0 bridgehead atoms. The van der Waals surface area contributed by atoms with E-state index in [1.54, 1.807) is 18.4 Å². The van der Waals surface area contributed by atoms with Gasteiger partial charge in [0.25, 0.3) is 10.2 Å². The Kier molecular flexibility index (Phi) is 7.55. The highest BCUT2D eigenvalue weighted by Crippen LogP contribution is 2.08. The lowest BCUT2D eigenvalue weighted by molar-refractivity contribution is 0.446. The fourth-order valence-corrected chi connectivity index (χ4v) is 3.25. The van der Waals surface area contributed by atoms with Crippen LogP contribution in [-0.4, -0.2) is 45.9 Å². The van der Waals surface area contributed by atoms with E-state index in [2.05, 4.69) is 10.0 Å². The first-order chi connectivity index (χ1) is 9.06. The second kappa shape index (κ2) is 8.65. The summed E-state index contributed by atoms with van der Waals surface area (Å²) in [5, 5.41) is 5.17. The summed E-state index contributed by atoms with van der Waals surface area (Å²) in [6.45, 7) is 4.76.